The standard InChI is InChI=1S/C14H19ClN2O/c1-9(2)12-7-11(8-13(15)16-12)14(18)17-6-4-5-10(17)3/h7-10H,4-6H2,1-3H3. The molecule has 0 bridgehead atoms. The summed E-state index contributed by atoms with van der Waals surface area (Å²) < 4.78 is 0. The van der Waals surface area contributed by atoms with Crippen LogP contribution in [0.15, 0.2) is 12.1 Å². The summed E-state index contributed by atoms with van der Waals surface area (Å²) in [5.41, 5.74) is 1.53. The summed E-state index contributed by atoms with van der Waals surface area (Å²) in [6, 6.07) is 3.86. The quantitative estimate of drug-likeness (QED) is 0.768. The molecule has 0 aliphatic carbocycles. The maximum atomic E-state index is 12.4. The summed E-state index contributed by atoms with van der Waals surface area (Å²) in [5, 5.41) is 0.399. The molecule has 4 heteroatoms. The second-order valence-electron chi connectivity index (χ2n) is 5.25. The van der Waals surface area contributed by atoms with Crippen molar-refractivity contribution >= 4 is 17.5 Å². The first-order chi connectivity index (χ1) is 8.49. The van der Waals surface area contributed by atoms with Crippen LogP contribution in [0.4, 0.5) is 0 Å². The van der Waals surface area contributed by atoms with Crippen LogP contribution in [0.25, 0.3) is 0 Å². The van der Waals surface area contributed by atoms with Gasteiger partial charge in [-0.1, -0.05) is 25.4 Å². The molecule has 1 aromatic heterocycles. The zero-order chi connectivity index (χ0) is 13.3. The molecule has 0 spiro atoms. The van der Waals surface area contributed by atoms with E-state index in [-0.39, 0.29) is 11.8 Å². The summed E-state index contributed by atoms with van der Waals surface area (Å²) in [6.45, 7) is 7.03. The Morgan fingerprint density at radius 1 is 1.50 bits per heavy atom. The highest BCUT2D eigenvalue weighted by molar-refractivity contribution is 6.29. The third kappa shape index (κ3) is 2.66. The molecule has 0 N–H and O–H groups in total. The number of nitrogens with zero attached hydrogens (tertiary/aromatic N) is 2. The maximum absolute atomic E-state index is 12.4. The number of likely N-dealkylation sites (tertiary alicyclic amines) is 1. The highest BCUT2D eigenvalue weighted by Crippen LogP contribution is 2.23. The van der Waals surface area contributed by atoms with Gasteiger partial charge >= 0.3 is 0 Å². The van der Waals surface area contributed by atoms with Gasteiger partial charge < -0.3 is 4.90 Å². The Balaban J connectivity index is 2.30. The van der Waals surface area contributed by atoms with Crippen molar-refractivity contribution in [1.82, 2.24) is 9.88 Å². The third-order valence-electron chi connectivity index (χ3n) is 3.47. The Bertz CT molecular complexity index is 459. The number of pyridine rings is 1. The predicted octanol–water partition coefficient (Wildman–Crippen LogP) is 3.48. The molecule has 1 unspecified atom stereocenters. The number of amides is 1. The minimum absolute atomic E-state index is 0.0752. The van der Waals surface area contributed by atoms with Gasteiger partial charge in [0.15, 0.2) is 0 Å². The lowest BCUT2D eigenvalue weighted by molar-refractivity contribution is 0.0747. The molecule has 1 fully saturated rings. The predicted molar refractivity (Wildman–Crippen MR) is 73.1 cm³/mol. The molecule has 1 aliphatic rings. The second-order valence-corrected chi connectivity index (χ2v) is 5.64. The summed E-state index contributed by atoms with van der Waals surface area (Å²) >= 11 is 6.00. The van der Waals surface area contributed by atoms with Gasteiger partial charge in [0, 0.05) is 23.8 Å². The smallest absolute Gasteiger partial charge is 0.254 e. The van der Waals surface area contributed by atoms with Crippen LogP contribution >= 0.6 is 11.6 Å². The highest BCUT2D eigenvalue weighted by atomic mass is 35.5. The summed E-state index contributed by atoms with van der Waals surface area (Å²) in [4.78, 5) is 18.6. The van der Waals surface area contributed by atoms with Gasteiger partial charge in [-0.3, -0.25) is 4.79 Å². The normalized spacial score (nSPS) is 19.6. The summed E-state index contributed by atoms with van der Waals surface area (Å²) in [6.07, 6.45) is 2.17. The molecule has 1 aromatic rings. The zero-order valence-corrected chi connectivity index (χ0v) is 11.9. The molecule has 2 rings (SSSR count). The van der Waals surface area contributed by atoms with Crippen molar-refractivity contribution in [1.29, 1.82) is 0 Å². The SMILES string of the molecule is CC(C)c1cc(C(=O)N2CCCC2C)cc(Cl)n1. The number of rotatable bonds is 2. The largest absolute Gasteiger partial charge is 0.336 e. The minimum Gasteiger partial charge on any atom is -0.336 e. The first kappa shape index (κ1) is 13.3. The number of aromatic nitrogens is 1. The lowest BCUT2D eigenvalue weighted by Gasteiger charge is -2.22. The molecule has 0 radical (unpaired) electrons. The Labute approximate surface area is 113 Å². The highest BCUT2D eigenvalue weighted by Gasteiger charge is 2.26. The fourth-order valence-electron chi connectivity index (χ4n) is 2.34. The van der Waals surface area contributed by atoms with Crippen LogP contribution in [0.1, 0.15) is 55.6 Å². The number of hydrogen-bond acceptors (Lipinski definition) is 2. The molecule has 18 heavy (non-hydrogen) atoms. The molecule has 3 nitrogen and oxygen atoms in total. The van der Waals surface area contributed by atoms with Crippen molar-refractivity contribution in [3.8, 4) is 0 Å². The van der Waals surface area contributed by atoms with E-state index in [0.29, 0.717) is 16.8 Å². The van der Waals surface area contributed by atoms with Gasteiger partial charge in [0.2, 0.25) is 0 Å². The molecule has 1 amide bonds. The van der Waals surface area contributed by atoms with Gasteiger partial charge in [0.25, 0.3) is 5.91 Å². The van der Waals surface area contributed by atoms with Crippen molar-refractivity contribution in [3.05, 3.63) is 28.5 Å². The van der Waals surface area contributed by atoms with Gasteiger partial charge in [0.1, 0.15) is 5.15 Å². The number of carbonyl (C=O) groups excluding carboxylic acids is 1. The fourth-order valence-corrected chi connectivity index (χ4v) is 2.55. The van der Waals surface area contributed by atoms with E-state index in [0.717, 1.165) is 25.1 Å². The van der Waals surface area contributed by atoms with Gasteiger partial charge in [-0.2, -0.15) is 0 Å². The molecule has 1 atom stereocenters. The van der Waals surface area contributed by atoms with E-state index in [4.69, 9.17) is 11.6 Å². The Hall–Kier alpha value is -1.09. The van der Waals surface area contributed by atoms with Crippen molar-refractivity contribution in [2.45, 2.75) is 45.6 Å². The average Bonchev–Trinajstić information content (AvgIpc) is 2.73. The van der Waals surface area contributed by atoms with Crippen LogP contribution in [0, 0.1) is 0 Å². The minimum atomic E-state index is 0.0752. The molecule has 98 valence electrons. The molecular weight excluding hydrogens is 248 g/mol. The van der Waals surface area contributed by atoms with Crippen molar-refractivity contribution in [2.24, 2.45) is 0 Å². The lowest BCUT2D eigenvalue weighted by atomic mass is 10.1. The zero-order valence-electron chi connectivity index (χ0n) is 11.1. The van der Waals surface area contributed by atoms with E-state index in [9.17, 15) is 4.79 Å². The van der Waals surface area contributed by atoms with Crippen molar-refractivity contribution < 1.29 is 4.79 Å². The summed E-state index contributed by atoms with van der Waals surface area (Å²) in [5.74, 6) is 0.345. The second kappa shape index (κ2) is 5.27. The summed E-state index contributed by atoms with van der Waals surface area (Å²) in [7, 11) is 0. The van der Waals surface area contributed by atoms with E-state index in [1.165, 1.54) is 0 Å². The first-order valence-corrected chi connectivity index (χ1v) is 6.85. The van der Waals surface area contributed by atoms with Crippen LogP contribution < -0.4 is 0 Å². The molecule has 2 heterocycles. The average molecular weight is 267 g/mol. The van der Waals surface area contributed by atoms with Gasteiger partial charge in [0.05, 0.1) is 0 Å². The first-order valence-electron chi connectivity index (χ1n) is 6.47. The van der Waals surface area contributed by atoms with Crippen LogP contribution in [-0.2, 0) is 0 Å². The van der Waals surface area contributed by atoms with Crippen LogP contribution in [0.3, 0.4) is 0 Å². The van der Waals surface area contributed by atoms with E-state index in [1.54, 1.807) is 6.07 Å². The Morgan fingerprint density at radius 2 is 2.22 bits per heavy atom. The molecule has 0 saturated carbocycles. The number of hydrogen-bond donors (Lipinski definition) is 0. The molecular formula is C14H19ClN2O. The third-order valence-corrected chi connectivity index (χ3v) is 3.66. The van der Waals surface area contributed by atoms with Crippen LogP contribution in [-0.4, -0.2) is 28.4 Å². The van der Waals surface area contributed by atoms with Gasteiger partial charge in [-0.05, 0) is 37.8 Å². The topological polar surface area (TPSA) is 33.2 Å². The Morgan fingerprint density at radius 3 is 2.78 bits per heavy atom. The molecule has 1 saturated heterocycles. The Kier molecular flexibility index (Phi) is 3.91. The van der Waals surface area contributed by atoms with E-state index < -0.39 is 0 Å². The van der Waals surface area contributed by atoms with Crippen molar-refractivity contribution in [3.63, 3.8) is 0 Å². The van der Waals surface area contributed by atoms with Gasteiger partial charge in [-0.15, -0.1) is 0 Å². The number of carbonyl (C=O) groups is 1. The maximum Gasteiger partial charge on any atom is 0.254 e. The van der Waals surface area contributed by atoms with Crippen molar-refractivity contribution in [2.75, 3.05) is 6.54 Å². The van der Waals surface area contributed by atoms with E-state index in [1.807, 2.05) is 24.8 Å². The molecule has 1 aliphatic heterocycles. The fraction of sp³-hybridized carbons (Fsp3) is 0.571. The monoisotopic (exact) mass is 266 g/mol. The van der Waals surface area contributed by atoms with Gasteiger partial charge in [-0.25, -0.2) is 4.98 Å². The molecule has 0 aromatic carbocycles. The van der Waals surface area contributed by atoms with Crippen LogP contribution in [0.5, 0.6) is 0 Å². The van der Waals surface area contributed by atoms with E-state index >= 15 is 0 Å². The van der Waals surface area contributed by atoms with E-state index in [2.05, 4.69) is 11.9 Å². The lowest BCUT2D eigenvalue weighted by Crippen LogP contribution is -2.33. The number of halogens is 1. The van der Waals surface area contributed by atoms with Crippen LogP contribution in [0.2, 0.25) is 5.15 Å².